The maximum atomic E-state index is 11.7. The van der Waals surface area contributed by atoms with Gasteiger partial charge >= 0.3 is 5.97 Å². The summed E-state index contributed by atoms with van der Waals surface area (Å²) in [6.45, 7) is 2.98. The Morgan fingerprint density at radius 3 is 2.53 bits per heavy atom. The Hall–Kier alpha value is -1.08. The largest absolute Gasteiger partial charge is 0.480 e. The minimum atomic E-state index is -3.93. The van der Waals surface area contributed by atoms with Crippen LogP contribution < -0.4 is 4.72 Å². The molecule has 1 atom stereocenters. The van der Waals surface area contributed by atoms with E-state index < -0.39 is 21.2 Å². The zero-order chi connectivity index (χ0) is 13.2. The molecule has 5 nitrogen and oxygen atoms in total. The predicted molar refractivity (Wildman–Crippen MR) is 68.5 cm³/mol. The molecular weight excluding hydrogens is 310 g/mol. The Morgan fingerprint density at radius 2 is 2.06 bits per heavy atom. The monoisotopic (exact) mass is 321 g/mol. The van der Waals surface area contributed by atoms with Crippen LogP contribution in [0.5, 0.6) is 0 Å². The molecule has 1 aromatic rings. The average Bonchev–Trinajstić information content (AvgIpc) is 2.21. The van der Waals surface area contributed by atoms with Gasteiger partial charge in [0.25, 0.3) is 0 Å². The van der Waals surface area contributed by atoms with Crippen molar-refractivity contribution in [1.82, 2.24) is 0 Å². The molecule has 0 aromatic heterocycles. The highest BCUT2D eigenvalue weighted by molar-refractivity contribution is 9.10. The van der Waals surface area contributed by atoms with Gasteiger partial charge in [-0.2, -0.15) is 0 Å². The van der Waals surface area contributed by atoms with Crippen molar-refractivity contribution in [3.8, 4) is 0 Å². The van der Waals surface area contributed by atoms with Crippen LogP contribution in [0.15, 0.2) is 22.7 Å². The molecule has 0 amide bonds. The lowest BCUT2D eigenvalue weighted by atomic mass is 10.2. The number of nitrogens with one attached hydrogen (secondary N) is 1. The summed E-state index contributed by atoms with van der Waals surface area (Å²) in [5.74, 6) is -1.39. The van der Waals surface area contributed by atoms with Gasteiger partial charge in [-0.05, 0) is 47.5 Å². The topological polar surface area (TPSA) is 83.5 Å². The van der Waals surface area contributed by atoms with Crippen LogP contribution in [0.25, 0.3) is 0 Å². The fourth-order valence-corrected chi connectivity index (χ4v) is 2.73. The van der Waals surface area contributed by atoms with E-state index in [9.17, 15) is 13.2 Å². The molecule has 0 saturated heterocycles. The van der Waals surface area contributed by atoms with Gasteiger partial charge in [0, 0.05) is 4.47 Å². The van der Waals surface area contributed by atoms with Crippen molar-refractivity contribution in [1.29, 1.82) is 0 Å². The minimum absolute atomic E-state index is 0.323. The van der Waals surface area contributed by atoms with E-state index in [1.807, 2.05) is 6.92 Å². The van der Waals surface area contributed by atoms with Gasteiger partial charge in [-0.3, -0.25) is 9.52 Å². The third-order valence-electron chi connectivity index (χ3n) is 2.19. The van der Waals surface area contributed by atoms with Crippen molar-refractivity contribution >= 4 is 37.6 Å². The van der Waals surface area contributed by atoms with E-state index in [-0.39, 0.29) is 0 Å². The number of halogens is 1. The average molecular weight is 322 g/mol. The van der Waals surface area contributed by atoms with Crippen molar-refractivity contribution in [2.45, 2.75) is 19.1 Å². The molecular formula is C10H12BrNO4S. The van der Waals surface area contributed by atoms with Crippen LogP contribution in [-0.2, 0) is 14.8 Å². The zero-order valence-electron chi connectivity index (χ0n) is 9.27. The predicted octanol–water partition coefficient (Wildman–Crippen LogP) is 1.97. The van der Waals surface area contributed by atoms with Crippen molar-refractivity contribution in [3.63, 3.8) is 0 Å². The standard InChI is InChI=1S/C10H12BrNO4S/c1-6-3-4-9(8(11)5-6)12-17(15,16)7(2)10(13)14/h3-5,7,12H,1-2H3,(H,13,14). The van der Waals surface area contributed by atoms with Crippen molar-refractivity contribution in [3.05, 3.63) is 28.2 Å². The number of benzene rings is 1. The molecule has 94 valence electrons. The molecule has 0 aliphatic carbocycles. The van der Waals surface area contributed by atoms with Crippen LogP contribution in [0, 0.1) is 6.92 Å². The van der Waals surface area contributed by atoms with E-state index in [1.54, 1.807) is 18.2 Å². The normalized spacial score (nSPS) is 13.1. The molecule has 0 bridgehead atoms. The first-order valence-corrected chi connectivity index (χ1v) is 7.08. The van der Waals surface area contributed by atoms with Crippen molar-refractivity contribution in [2.75, 3.05) is 4.72 Å². The van der Waals surface area contributed by atoms with Gasteiger partial charge < -0.3 is 5.11 Å². The second-order valence-corrected chi connectivity index (χ2v) is 6.47. The first-order chi connectivity index (χ1) is 7.74. The third kappa shape index (κ3) is 3.44. The summed E-state index contributed by atoms with van der Waals surface area (Å²) in [5, 5.41) is 7.17. The van der Waals surface area contributed by atoms with Crippen LogP contribution in [-0.4, -0.2) is 24.7 Å². The van der Waals surface area contributed by atoms with E-state index in [0.29, 0.717) is 10.2 Å². The van der Waals surface area contributed by atoms with Gasteiger partial charge in [0.15, 0.2) is 5.25 Å². The summed E-state index contributed by atoms with van der Waals surface area (Å²) in [7, 11) is -3.93. The summed E-state index contributed by atoms with van der Waals surface area (Å²) >= 11 is 3.21. The fourth-order valence-electron chi connectivity index (χ4n) is 1.08. The highest BCUT2D eigenvalue weighted by atomic mass is 79.9. The van der Waals surface area contributed by atoms with Gasteiger partial charge in [0.1, 0.15) is 0 Å². The number of carboxylic acid groups (broad SMARTS) is 1. The first kappa shape index (κ1) is 14.0. The van der Waals surface area contributed by atoms with Gasteiger partial charge in [0.2, 0.25) is 10.0 Å². The molecule has 0 saturated carbocycles. The molecule has 7 heteroatoms. The second-order valence-electron chi connectivity index (χ2n) is 3.61. The highest BCUT2D eigenvalue weighted by Gasteiger charge is 2.27. The summed E-state index contributed by atoms with van der Waals surface area (Å²) in [5.41, 5.74) is 1.29. The lowest BCUT2D eigenvalue weighted by Crippen LogP contribution is -2.32. The third-order valence-corrected chi connectivity index (χ3v) is 4.48. The lowest BCUT2D eigenvalue weighted by Gasteiger charge is -2.12. The Balaban J connectivity index is 3.02. The lowest BCUT2D eigenvalue weighted by molar-refractivity contribution is -0.136. The number of sulfonamides is 1. The molecule has 0 aliphatic heterocycles. The summed E-state index contributed by atoms with van der Waals surface area (Å²) in [6.07, 6.45) is 0. The van der Waals surface area contributed by atoms with Gasteiger partial charge in [-0.25, -0.2) is 8.42 Å². The zero-order valence-corrected chi connectivity index (χ0v) is 11.7. The molecule has 1 unspecified atom stereocenters. The molecule has 17 heavy (non-hydrogen) atoms. The number of anilines is 1. The molecule has 0 radical (unpaired) electrons. The fraction of sp³-hybridized carbons (Fsp3) is 0.300. The quantitative estimate of drug-likeness (QED) is 0.888. The summed E-state index contributed by atoms with van der Waals surface area (Å²) in [4.78, 5) is 10.6. The number of carbonyl (C=O) groups is 1. The van der Waals surface area contributed by atoms with Crippen LogP contribution in [0.3, 0.4) is 0 Å². The summed E-state index contributed by atoms with van der Waals surface area (Å²) in [6, 6.07) is 5.04. The molecule has 0 aliphatic rings. The van der Waals surface area contributed by atoms with E-state index >= 15 is 0 Å². The SMILES string of the molecule is Cc1ccc(NS(=O)(=O)C(C)C(=O)O)c(Br)c1. The molecule has 1 aromatic carbocycles. The molecule has 0 heterocycles. The molecule has 0 spiro atoms. The van der Waals surface area contributed by atoms with Crippen molar-refractivity contribution < 1.29 is 18.3 Å². The van der Waals surface area contributed by atoms with E-state index in [2.05, 4.69) is 20.7 Å². The Kier molecular flexibility index (Phi) is 4.16. The van der Waals surface area contributed by atoms with Gasteiger partial charge in [-0.15, -0.1) is 0 Å². The highest BCUT2D eigenvalue weighted by Crippen LogP contribution is 2.25. The van der Waals surface area contributed by atoms with Crippen molar-refractivity contribution in [2.24, 2.45) is 0 Å². The van der Waals surface area contributed by atoms with Crippen LogP contribution in [0.4, 0.5) is 5.69 Å². The Labute approximate surface area is 108 Å². The second kappa shape index (κ2) is 5.05. The van der Waals surface area contributed by atoms with Crippen LogP contribution in [0.1, 0.15) is 12.5 Å². The van der Waals surface area contributed by atoms with Crippen LogP contribution >= 0.6 is 15.9 Å². The number of rotatable bonds is 4. The Bertz CT molecular complexity index is 541. The number of carboxylic acids is 1. The smallest absolute Gasteiger partial charge is 0.323 e. The van der Waals surface area contributed by atoms with E-state index in [1.165, 1.54) is 0 Å². The first-order valence-electron chi connectivity index (χ1n) is 4.74. The molecule has 0 fully saturated rings. The number of aliphatic carboxylic acids is 1. The van der Waals surface area contributed by atoms with Gasteiger partial charge in [0.05, 0.1) is 5.69 Å². The maximum absolute atomic E-state index is 11.7. The number of hydrogen-bond acceptors (Lipinski definition) is 3. The molecule has 1 rings (SSSR count). The number of aryl methyl sites for hydroxylation is 1. The van der Waals surface area contributed by atoms with Gasteiger partial charge in [-0.1, -0.05) is 6.07 Å². The summed E-state index contributed by atoms with van der Waals surface area (Å²) < 4.78 is 26.1. The maximum Gasteiger partial charge on any atom is 0.323 e. The number of hydrogen-bond donors (Lipinski definition) is 2. The minimum Gasteiger partial charge on any atom is -0.480 e. The van der Waals surface area contributed by atoms with E-state index in [4.69, 9.17) is 5.11 Å². The molecule has 2 N–H and O–H groups in total. The Morgan fingerprint density at radius 1 is 1.47 bits per heavy atom. The van der Waals surface area contributed by atoms with Crippen LogP contribution in [0.2, 0.25) is 0 Å². The van der Waals surface area contributed by atoms with E-state index in [0.717, 1.165) is 12.5 Å².